The van der Waals surface area contributed by atoms with Crippen molar-refractivity contribution < 1.29 is 14.3 Å². The van der Waals surface area contributed by atoms with Crippen LogP contribution >= 0.6 is 0 Å². The van der Waals surface area contributed by atoms with Crippen molar-refractivity contribution in [3.8, 4) is 0 Å². The number of hydrogen-bond donors (Lipinski definition) is 4. The van der Waals surface area contributed by atoms with Crippen LogP contribution in [0.2, 0.25) is 0 Å². The van der Waals surface area contributed by atoms with Gasteiger partial charge in [-0.15, -0.1) is 0 Å². The minimum Gasteiger partial charge on any atom is -0.444 e. The highest BCUT2D eigenvalue weighted by atomic mass is 16.6. The first kappa shape index (κ1) is 26.6. The third kappa shape index (κ3) is 5.23. The van der Waals surface area contributed by atoms with Crippen LogP contribution in [-0.2, 0) is 4.74 Å². The Labute approximate surface area is 244 Å². The maximum atomic E-state index is 13.8. The standard InChI is InChI=1S/C31H38N8O3/c1-31(2,3)42-30(41)39-10-8-38(9-11-39)27-16-26-25(35-29(36-26)34-23-13-18-4-5-19(23)12-18)15-22(27)28(40)33-21-7-6-20-17-32-37-24(20)14-21/h6-7,14-19,23H,4-5,8-13H2,1-3H3,(H,32,37)(H,33,40)(H2,34,35,36)/t18-,19-,23-/m0/s1. The van der Waals surface area contributed by atoms with Crippen LogP contribution in [0.15, 0.2) is 36.5 Å². The average molecular weight is 571 g/mol. The monoisotopic (exact) mass is 570 g/mol. The van der Waals surface area contributed by atoms with Gasteiger partial charge in [-0.05, 0) is 82.2 Å². The van der Waals surface area contributed by atoms with Gasteiger partial charge in [0.15, 0.2) is 0 Å². The van der Waals surface area contributed by atoms with Gasteiger partial charge >= 0.3 is 6.09 Å². The Kier molecular flexibility index (Phi) is 6.47. The number of rotatable bonds is 5. The van der Waals surface area contributed by atoms with Crippen molar-refractivity contribution in [3.63, 3.8) is 0 Å². The zero-order chi connectivity index (χ0) is 29.0. The fourth-order valence-corrected chi connectivity index (χ4v) is 6.82. The van der Waals surface area contributed by atoms with Gasteiger partial charge in [-0.1, -0.05) is 6.42 Å². The van der Waals surface area contributed by atoms with Gasteiger partial charge in [-0.25, -0.2) is 9.78 Å². The lowest BCUT2D eigenvalue weighted by atomic mass is 9.95. The third-order valence-corrected chi connectivity index (χ3v) is 8.88. The number of H-pyrrole nitrogens is 2. The van der Waals surface area contributed by atoms with Crippen LogP contribution in [0, 0.1) is 11.8 Å². The summed E-state index contributed by atoms with van der Waals surface area (Å²) in [7, 11) is 0. The highest BCUT2D eigenvalue weighted by Gasteiger charge is 2.39. The van der Waals surface area contributed by atoms with Crippen LogP contribution in [-0.4, -0.2) is 74.9 Å². The Morgan fingerprint density at radius 3 is 2.60 bits per heavy atom. The number of aromatic amines is 2. The number of amides is 2. The molecule has 4 N–H and O–H groups in total. The van der Waals surface area contributed by atoms with Crippen LogP contribution in [0.5, 0.6) is 0 Å². The molecule has 3 atom stereocenters. The molecule has 3 heterocycles. The van der Waals surface area contributed by atoms with E-state index in [9.17, 15) is 9.59 Å². The fourth-order valence-electron chi connectivity index (χ4n) is 6.82. The smallest absolute Gasteiger partial charge is 0.410 e. The lowest BCUT2D eigenvalue weighted by Gasteiger charge is -2.37. The second-order valence-electron chi connectivity index (χ2n) is 13.0. The second kappa shape index (κ2) is 10.2. The van der Waals surface area contributed by atoms with Gasteiger partial charge in [-0.2, -0.15) is 5.10 Å². The summed E-state index contributed by atoms with van der Waals surface area (Å²) in [6.07, 6.45) is 6.59. The molecule has 0 spiro atoms. The molecule has 1 aliphatic heterocycles. The van der Waals surface area contributed by atoms with E-state index < -0.39 is 5.60 Å². The molecular formula is C31H38N8O3. The van der Waals surface area contributed by atoms with Gasteiger partial charge in [0.2, 0.25) is 5.95 Å². The van der Waals surface area contributed by atoms with Crippen molar-refractivity contribution in [1.82, 2.24) is 25.1 Å². The molecule has 4 aromatic rings. The molecule has 2 saturated carbocycles. The number of fused-ring (bicyclic) bond motifs is 4. The quantitative estimate of drug-likeness (QED) is 0.254. The van der Waals surface area contributed by atoms with Crippen molar-refractivity contribution in [2.24, 2.45) is 11.8 Å². The lowest BCUT2D eigenvalue weighted by molar-refractivity contribution is 0.0240. The van der Waals surface area contributed by atoms with Gasteiger partial charge in [0.1, 0.15) is 5.60 Å². The van der Waals surface area contributed by atoms with E-state index in [0.29, 0.717) is 49.4 Å². The number of benzene rings is 2. The number of piperazine rings is 1. The summed E-state index contributed by atoms with van der Waals surface area (Å²) in [4.78, 5) is 38.7. The van der Waals surface area contributed by atoms with Gasteiger partial charge < -0.3 is 30.2 Å². The molecule has 11 nitrogen and oxygen atoms in total. The average Bonchev–Trinajstić information content (AvgIpc) is 3.75. The maximum absolute atomic E-state index is 13.8. The maximum Gasteiger partial charge on any atom is 0.410 e. The summed E-state index contributed by atoms with van der Waals surface area (Å²) in [5.74, 6) is 2.09. The molecular weight excluding hydrogens is 532 g/mol. The summed E-state index contributed by atoms with van der Waals surface area (Å²) in [6.45, 7) is 7.78. The first-order valence-electron chi connectivity index (χ1n) is 15.0. The van der Waals surface area contributed by atoms with Gasteiger partial charge in [0, 0.05) is 43.3 Å². The predicted octanol–water partition coefficient (Wildman–Crippen LogP) is 5.35. The summed E-state index contributed by atoms with van der Waals surface area (Å²) in [5, 5.41) is 14.7. The largest absolute Gasteiger partial charge is 0.444 e. The van der Waals surface area contributed by atoms with Crippen molar-refractivity contribution in [2.45, 2.75) is 58.1 Å². The lowest BCUT2D eigenvalue weighted by Crippen LogP contribution is -2.50. The first-order chi connectivity index (χ1) is 20.2. The molecule has 2 aromatic carbocycles. The summed E-state index contributed by atoms with van der Waals surface area (Å²) < 4.78 is 5.58. The molecule has 2 amide bonds. The number of hydrogen-bond acceptors (Lipinski definition) is 7. The summed E-state index contributed by atoms with van der Waals surface area (Å²) in [5.41, 5.74) is 3.95. The number of nitrogens with zero attached hydrogens (tertiary/aromatic N) is 4. The number of ether oxygens (including phenoxy) is 1. The minimum atomic E-state index is -0.548. The Hall–Kier alpha value is -4.28. The molecule has 0 radical (unpaired) electrons. The molecule has 220 valence electrons. The highest BCUT2D eigenvalue weighted by Crippen LogP contribution is 2.45. The van der Waals surface area contributed by atoms with E-state index >= 15 is 0 Å². The van der Waals surface area contributed by atoms with E-state index in [1.54, 1.807) is 11.1 Å². The fraction of sp³-hybridized carbons (Fsp3) is 0.484. The number of aromatic nitrogens is 4. The first-order valence-corrected chi connectivity index (χ1v) is 15.0. The van der Waals surface area contributed by atoms with Crippen molar-refractivity contribution in [2.75, 3.05) is 41.7 Å². The number of imidazole rings is 1. The Balaban J connectivity index is 1.16. The van der Waals surface area contributed by atoms with Gasteiger partial charge in [0.05, 0.1) is 34.0 Å². The number of nitrogens with one attached hydrogen (secondary N) is 4. The Morgan fingerprint density at radius 2 is 1.86 bits per heavy atom. The van der Waals surface area contributed by atoms with E-state index in [1.807, 2.05) is 51.1 Å². The van der Waals surface area contributed by atoms with E-state index in [1.165, 1.54) is 25.7 Å². The van der Waals surface area contributed by atoms with Crippen LogP contribution in [0.3, 0.4) is 0 Å². The molecule has 11 heteroatoms. The second-order valence-corrected chi connectivity index (χ2v) is 13.0. The van der Waals surface area contributed by atoms with Gasteiger partial charge in [-0.3, -0.25) is 9.89 Å². The zero-order valence-corrected chi connectivity index (χ0v) is 24.4. The highest BCUT2D eigenvalue weighted by molar-refractivity contribution is 6.11. The predicted molar refractivity (Wildman–Crippen MR) is 163 cm³/mol. The van der Waals surface area contributed by atoms with E-state index in [-0.39, 0.29) is 12.0 Å². The van der Waals surface area contributed by atoms with Crippen molar-refractivity contribution in [3.05, 3.63) is 42.1 Å². The van der Waals surface area contributed by atoms with Crippen LogP contribution < -0.4 is 15.5 Å². The molecule has 1 saturated heterocycles. The number of carbonyl (C=O) groups is 2. The Bertz CT molecular complexity index is 1640. The SMILES string of the molecule is CC(C)(C)OC(=O)N1CCN(c2cc3[nH]c(N[C@H]4C[C@H]5CC[C@H]4C5)nc3cc2C(=O)Nc2ccc3cn[nH]c3c2)CC1. The molecule has 0 unspecified atom stereocenters. The molecule has 2 aromatic heterocycles. The summed E-state index contributed by atoms with van der Waals surface area (Å²) >= 11 is 0. The molecule has 2 aliphatic carbocycles. The number of anilines is 3. The van der Waals surface area contributed by atoms with E-state index in [4.69, 9.17) is 9.72 Å². The topological polar surface area (TPSA) is 131 Å². The summed E-state index contributed by atoms with van der Waals surface area (Å²) in [6, 6.07) is 10.0. The molecule has 3 fully saturated rings. The third-order valence-electron chi connectivity index (χ3n) is 8.88. The van der Waals surface area contributed by atoms with Gasteiger partial charge in [0.25, 0.3) is 5.91 Å². The van der Waals surface area contributed by atoms with Crippen LogP contribution in [0.4, 0.5) is 22.1 Å². The Morgan fingerprint density at radius 1 is 1.02 bits per heavy atom. The number of carbonyl (C=O) groups excluding carboxylic acids is 2. The van der Waals surface area contributed by atoms with Crippen molar-refractivity contribution in [1.29, 1.82) is 0 Å². The molecule has 3 aliphatic rings. The minimum absolute atomic E-state index is 0.217. The van der Waals surface area contributed by atoms with Crippen LogP contribution in [0.1, 0.15) is 56.8 Å². The zero-order valence-electron chi connectivity index (χ0n) is 24.4. The van der Waals surface area contributed by atoms with E-state index in [0.717, 1.165) is 39.5 Å². The van der Waals surface area contributed by atoms with Crippen molar-refractivity contribution >= 4 is 51.3 Å². The normalized spacial score (nSPS) is 22.2. The molecule has 2 bridgehead atoms. The molecule has 42 heavy (non-hydrogen) atoms. The van der Waals surface area contributed by atoms with E-state index in [2.05, 4.69) is 30.7 Å². The molecule has 7 rings (SSSR count). The van der Waals surface area contributed by atoms with Crippen LogP contribution in [0.25, 0.3) is 21.9 Å².